The maximum atomic E-state index is 12.7. The molecular weight excluding hydrogens is 424 g/mol. The van der Waals surface area contributed by atoms with Gasteiger partial charge in [0.05, 0.1) is 11.0 Å². The lowest BCUT2D eigenvalue weighted by molar-refractivity contribution is -0.524. The highest BCUT2D eigenvalue weighted by atomic mass is 35.5. The number of piperidine rings is 1. The zero-order chi connectivity index (χ0) is 20.5. The predicted molar refractivity (Wildman–Crippen MR) is 115 cm³/mol. The van der Waals surface area contributed by atoms with E-state index in [9.17, 15) is 10.2 Å². The van der Waals surface area contributed by atoms with E-state index < -0.39 is 11.0 Å². The monoisotopic (exact) mass is 450 g/mol. The van der Waals surface area contributed by atoms with Crippen LogP contribution in [0.1, 0.15) is 42.4 Å². The van der Waals surface area contributed by atoms with Gasteiger partial charge in [0.25, 0.3) is 0 Å². The standard InChI is InChI=1S/C26H26N2O3.ClH/c29-19-8-7-15-11-20-26(30)12-17-16-3-1-2-4-18(16)27-22(17)24-25(26,21(15)23(19)31-24)9-10-28(20)13-14-5-6-14;/h1-4,7-8,14,20,24,27,29-30H,5-6,9-13H2;1H/t20-,24-,25-,26+;/m0./s1. The Kier molecular flexibility index (Phi) is 3.69. The Morgan fingerprint density at radius 2 is 2.00 bits per heavy atom. The number of nitrogens with zero attached hydrogens (tertiary/aromatic N) is 1. The summed E-state index contributed by atoms with van der Waals surface area (Å²) < 4.78 is 6.63. The molecule has 32 heavy (non-hydrogen) atoms. The van der Waals surface area contributed by atoms with Gasteiger partial charge in [0, 0.05) is 41.8 Å². The molecule has 4 atom stereocenters. The summed E-state index contributed by atoms with van der Waals surface area (Å²) in [7, 11) is 0. The number of phenolic OH excluding ortho intramolecular Hbond substituents is 1. The molecule has 2 fully saturated rings. The Morgan fingerprint density at radius 3 is 2.84 bits per heavy atom. The van der Waals surface area contributed by atoms with Gasteiger partial charge in [-0.05, 0) is 55.8 Å². The molecule has 4 N–H and O–H groups in total. The number of halogens is 1. The molecule has 166 valence electrons. The van der Waals surface area contributed by atoms with Gasteiger partial charge in [0.2, 0.25) is 0 Å². The first-order chi connectivity index (χ1) is 15.1. The summed E-state index contributed by atoms with van der Waals surface area (Å²) in [6.07, 6.45) is 4.78. The number of aromatic hydroxyl groups is 1. The topological polar surface area (TPSA) is 69.5 Å². The highest BCUT2D eigenvalue weighted by molar-refractivity contribution is 5.82. The second-order valence-corrected chi connectivity index (χ2v) is 10.6. The second kappa shape index (κ2) is 6.09. The number of benzene rings is 2. The van der Waals surface area contributed by atoms with Crippen LogP contribution in [-0.2, 0) is 11.8 Å². The number of fused-ring (bicyclic) bond motifs is 3. The van der Waals surface area contributed by atoms with Crippen molar-refractivity contribution < 1.29 is 32.7 Å². The molecule has 2 bridgehead atoms. The van der Waals surface area contributed by atoms with Gasteiger partial charge in [-0.3, -0.25) is 10.2 Å². The smallest absolute Gasteiger partial charge is 0.186 e. The number of rotatable bonds is 2. The first kappa shape index (κ1) is 19.4. The molecule has 8 rings (SSSR count). The van der Waals surface area contributed by atoms with E-state index in [0.29, 0.717) is 12.2 Å². The van der Waals surface area contributed by atoms with Gasteiger partial charge in [0.15, 0.2) is 23.3 Å². The lowest BCUT2D eigenvalue weighted by atomic mass is 9.49. The van der Waals surface area contributed by atoms with Crippen molar-refractivity contribution in [3.05, 3.63) is 58.8 Å². The first-order valence-corrected chi connectivity index (χ1v) is 11.8. The number of ether oxygens (including phenoxy) is 1. The third-order valence-corrected chi connectivity index (χ3v) is 9.19. The lowest BCUT2D eigenvalue weighted by Crippen LogP contribution is -3.00. The number of nitrogens with two attached hydrogens (primary N) is 1. The van der Waals surface area contributed by atoms with Crippen molar-refractivity contribution in [2.45, 2.75) is 55.3 Å². The first-order valence-electron chi connectivity index (χ1n) is 11.8. The molecule has 0 amide bonds. The molecule has 0 unspecified atom stereocenters. The van der Waals surface area contributed by atoms with Crippen molar-refractivity contribution in [3.63, 3.8) is 0 Å². The SMILES string of the molecule is Oc1ccc2c3c1O[C@H]1C4=C(C[C@@]5(O)[C@H](C2)N(CC2CC2)CC[C@]315)c1ccccc1[NH2+]4.[Cl-]. The average molecular weight is 451 g/mol. The minimum absolute atomic E-state index is 0. The van der Waals surface area contributed by atoms with Crippen molar-refractivity contribution in [1.29, 1.82) is 0 Å². The van der Waals surface area contributed by atoms with Crippen molar-refractivity contribution >= 4 is 11.3 Å². The molecular formula is C26H27ClN2O3. The van der Waals surface area contributed by atoms with Crippen LogP contribution in [0.25, 0.3) is 5.57 Å². The van der Waals surface area contributed by atoms with Crippen LogP contribution in [0, 0.1) is 5.92 Å². The van der Waals surface area contributed by atoms with Crippen molar-refractivity contribution in [2.24, 2.45) is 5.92 Å². The van der Waals surface area contributed by atoms with Crippen LogP contribution >= 0.6 is 0 Å². The summed E-state index contributed by atoms with van der Waals surface area (Å²) in [5.74, 6) is 1.62. The highest BCUT2D eigenvalue weighted by Crippen LogP contribution is 2.67. The van der Waals surface area contributed by atoms with Gasteiger partial charge in [-0.15, -0.1) is 0 Å². The van der Waals surface area contributed by atoms with E-state index in [1.54, 1.807) is 6.07 Å². The predicted octanol–water partition coefficient (Wildman–Crippen LogP) is -0.810. The molecule has 3 aliphatic carbocycles. The molecule has 0 radical (unpaired) electrons. The Labute approximate surface area is 193 Å². The molecule has 3 aliphatic heterocycles. The highest BCUT2D eigenvalue weighted by Gasteiger charge is 2.74. The summed E-state index contributed by atoms with van der Waals surface area (Å²) in [5.41, 5.74) is 5.90. The lowest BCUT2D eigenvalue weighted by Gasteiger charge is -2.62. The minimum atomic E-state index is -0.888. The number of likely N-dealkylation sites (tertiary alicyclic amines) is 1. The summed E-state index contributed by atoms with van der Waals surface area (Å²) >= 11 is 0. The molecule has 6 aliphatic rings. The Hall–Kier alpha value is -2.05. The van der Waals surface area contributed by atoms with E-state index in [1.807, 2.05) is 0 Å². The van der Waals surface area contributed by atoms with E-state index >= 15 is 0 Å². The van der Waals surface area contributed by atoms with Gasteiger partial charge >= 0.3 is 0 Å². The maximum Gasteiger partial charge on any atom is 0.186 e. The van der Waals surface area contributed by atoms with Gasteiger partial charge in [-0.2, -0.15) is 0 Å². The van der Waals surface area contributed by atoms with Gasteiger partial charge < -0.3 is 27.4 Å². The summed E-state index contributed by atoms with van der Waals surface area (Å²) in [6, 6.07) is 12.5. The molecule has 3 heterocycles. The van der Waals surface area contributed by atoms with Crippen molar-refractivity contribution in [3.8, 4) is 11.5 Å². The summed E-state index contributed by atoms with van der Waals surface area (Å²) in [6.45, 7) is 2.09. The molecule has 2 aromatic carbocycles. The number of quaternary nitrogens is 1. The van der Waals surface area contributed by atoms with E-state index in [-0.39, 0.29) is 30.3 Å². The summed E-state index contributed by atoms with van der Waals surface area (Å²) in [5, 5.41) is 25.7. The molecule has 2 aromatic rings. The summed E-state index contributed by atoms with van der Waals surface area (Å²) in [4.78, 5) is 2.59. The van der Waals surface area contributed by atoms with E-state index in [0.717, 1.165) is 37.4 Å². The molecule has 1 spiro atoms. The normalized spacial score (nSPS) is 35.5. The van der Waals surface area contributed by atoms with Gasteiger partial charge in [-0.25, -0.2) is 0 Å². The van der Waals surface area contributed by atoms with Crippen LogP contribution in [-0.4, -0.2) is 45.9 Å². The Bertz CT molecular complexity index is 1210. The van der Waals surface area contributed by atoms with Crippen LogP contribution in [0.4, 0.5) is 5.69 Å². The van der Waals surface area contributed by atoms with E-state index in [4.69, 9.17) is 4.74 Å². The Morgan fingerprint density at radius 1 is 1.16 bits per heavy atom. The fourth-order valence-electron chi connectivity index (χ4n) is 7.70. The van der Waals surface area contributed by atoms with Crippen molar-refractivity contribution in [2.75, 3.05) is 13.1 Å². The number of hydrogen-bond donors (Lipinski definition) is 3. The number of aliphatic hydroxyl groups is 1. The molecule has 1 saturated carbocycles. The molecule has 0 aromatic heterocycles. The third kappa shape index (κ3) is 2.07. The Balaban J connectivity index is 0.00000180. The third-order valence-electron chi connectivity index (χ3n) is 9.19. The van der Waals surface area contributed by atoms with E-state index in [2.05, 4.69) is 40.5 Å². The largest absolute Gasteiger partial charge is 1.00 e. The van der Waals surface area contributed by atoms with Crippen LogP contribution < -0.4 is 22.5 Å². The van der Waals surface area contributed by atoms with Crippen LogP contribution in [0.2, 0.25) is 0 Å². The number of para-hydroxylation sites is 1. The zero-order valence-corrected chi connectivity index (χ0v) is 18.6. The average Bonchev–Trinajstić information content (AvgIpc) is 3.40. The second-order valence-electron chi connectivity index (χ2n) is 10.6. The number of hydrogen-bond acceptors (Lipinski definition) is 4. The fraction of sp³-hybridized carbons (Fsp3) is 0.462. The molecule has 6 heteroatoms. The van der Waals surface area contributed by atoms with Crippen LogP contribution in [0.3, 0.4) is 0 Å². The van der Waals surface area contributed by atoms with Gasteiger partial charge in [0.1, 0.15) is 5.69 Å². The van der Waals surface area contributed by atoms with Crippen LogP contribution in [0.15, 0.2) is 42.1 Å². The van der Waals surface area contributed by atoms with Gasteiger partial charge in [-0.1, -0.05) is 18.2 Å². The zero-order valence-electron chi connectivity index (χ0n) is 17.9. The minimum Gasteiger partial charge on any atom is -1.00 e. The molecule has 5 nitrogen and oxygen atoms in total. The quantitative estimate of drug-likeness (QED) is 0.523. The molecule has 1 saturated heterocycles. The van der Waals surface area contributed by atoms with E-state index in [1.165, 1.54) is 40.9 Å². The fourth-order valence-corrected chi connectivity index (χ4v) is 7.70. The number of phenols is 1. The van der Waals surface area contributed by atoms with Crippen molar-refractivity contribution in [1.82, 2.24) is 4.90 Å². The van der Waals surface area contributed by atoms with Crippen LogP contribution in [0.5, 0.6) is 11.5 Å². The maximum absolute atomic E-state index is 12.7.